The van der Waals surface area contributed by atoms with Gasteiger partial charge in [0.05, 0.1) is 11.1 Å². The molecule has 0 amide bonds. The second-order valence-corrected chi connectivity index (χ2v) is 9.89. The quantitative estimate of drug-likeness (QED) is 0.335. The SMILES string of the molecule is O=c1c2c3c(sc2n2c(SCc4ccccc4F)nnc2n1-c1ccccc1)CCCC3. The van der Waals surface area contributed by atoms with Crippen molar-refractivity contribution in [2.24, 2.45) is 0 Å². The van der Waals surface area contributed by atoms with Gasteiger partial charge in [0, 0.05) is 10.6 Å². The van der Waals surface area contributed by atoms with Crippen molar-refractivity contribution in [1.29, 1.82) is 0 Å². The number of rotatable bonds is 4. The second kappa shape index (κ2) is 7.86. The minimum absolute atomic E-state index is 0.0452. The van der Waals surface area contributed by atoms with Crippen LogP contribution in [0, 0.1) is 5.82 Å². The zero-order valence-electron chi connectivity index (χ0n) is 17.1. The second-order valence-electron chi connectivity index (χ2n) is 7.87. The van der Waals surface area contributed by atoms with E-state index < -0.39 is 0 Å². The minimum atomic E-state index is -0.230. The first-order valence-electron chi connectivity index (χ1n) is 10.6. The molecule has 5 aromatic rings. The number of thiophene rings is 1. The summed E-state index contributed by atoms with van der Waals surface area (Å²) >= 11 is 3.11. The molecule has 3 heterocycles. The van der Waals surface area contributed by atoms with Crippen molar-refractivity contribution in [3.8, 4) is 5.69 Å². The summed E-state index contributed by atoms with van der Waals surface area (Å²) in [6.45, 7) is 0. The molecular weight excluding hydrogens is 443 g/mol. The molecule has 0 spiro atoms. The van der Waals surface area contributed by atoms with Gasteiger partial charge in [-0.1, -0.05) is 48.2 Å². The van der Waals surface area contributed by atoms with Crippen molar-refractivity contribution in [1.82, 2.24) is 19.2 Å². The van der Waals surface area contributed by atoms with Crippen LogP contribution in [-0.2, 0) is 18.6 Å². The van der Waals surface area contributed by atoms with Crippen LogP contribution in [0.5, 0.6) is 0 Å². The number of hydrogen-bond acceptors (Lipinski definition) is 5. The Labute approximate surface area is 191 Å². The van der Waals surface area contributed by atoms with Gasteiger partial charge in [0.1, 0.15) is 10.6 Å². The van der Waals surface area contributed by atoms with Crippen LogP contribution in [0.3, 0.4) is 0 Å². The number of hydrogen-bond donors (Lipinski definition) is 0. The van der Waals surface area contributed by atoms with Crippen LogP contribution in [-0.4, -0.2) is 19.2 Å². The Balaban J connectivity index is 1.60. The largest absolute Gasteiger partial charge is 0.268 e. The number of benzene rings is 2. The average molecular weight is 463 g/mol. The van der Waals surface area contributed by atoms with Crippen LogP contribution >= 0.6 is 23.1 Å². The molecule has 0 atom stereocenters. The van der Waals surface area contributed by atoms with Crippen molar-refractivity contribution >= 4 is 39.1 Å². The molecule has 32 heavy (non-hydrogen) atoms. The summed E-state index contributed by atoms with van der Waals surface area (Å²) in [5, 5.41) is 10.3. The van der Waals surface area contributed by atoms with Gasteiger partial charge in [-0.05, 0) is 55.0 Å². The van der Waals surface area contributed by atoms with E-state index in [2.05, 4.69) is 10.2 Å². The maximum absolute atomic E-state index is 14.2. The molecule has 160 valence electrons. The van der Waals surface area contributed by atoms with Crippen LogP contribution in [0.4, 0.5) is 4.39 Å². The molecule has 3 aromatic heterocycles. The van der Waals surface area contributed by atoms with Crippen molar-refractivity contribution in [2.45, 2.75) is 36.6 Å². The third kappa shape index (κ3) is 3.09. The normalized spacial score (nSPS) is 13.7. The van der Waals surface area contributed by atoms with Gasteiger partial charge >= 0.3 is 0 Å². The Morgan fingerprint density at radius 1 is 1.00 bits per heavy atom. The number of aromatic nitrogens is 4. The van der Waals surface area contributed by atoms with E-state index in [-0.39, 0.29) is 11.4 Å². The molecule has 0 N–H and O–H groups in total. The van der Waals surface area contributed by atoms with E-state index in [1.807, 2.05) is 40.8 Å². The number of fused-ring (bicyclic) bond motifs is 5. The molecule has 6 rings (SSSR count). The van der Waals surface area contributed by atoms with Gasteiger partial charge in [0.2, 0.25) is 5.78 Å². The molecule has 0 saturated carbocycles. The van der Waals surface area contributed by atoms with E-state index in [4.69, 9.17) is 0 Å². The molecule has 2 aromatic carbocycles. The lowest BCUT2D eigenvalue weighted by atomic mass is 9.97. The molecule has 0 unspecified atom stereocenters. The van der Waals surface area contributed by atoms with Crippen molar-refractivity contribution in [3.63, 3.8) is 0 Å². The maximum Gasteiger partial charge on any atom is 0.268 e. The Kier molecular flexibility index (Phi) is 4.84. The lowest BCUT2D eigenvalue weighted by Crippen LogP contribution is -2.22. The number of nitrogens with zero attached hydrogens (tertiary/aromatic N) is 4. The van der Waals surface area contributed by atoms with Gasteiger partial charge in [-0.3, -0.25) is 4.79 Å². The first-order valence-corrected chi connectivity index (χ1v) is 12.4. The van der Waals surface area contributed by atoms with Gasteiger partial charge in [-0.2, -0.15) is 0 Å². The first kappa shape index (κ1) is 19.7. The molecule has 0 aliphatic heterocycles. The Hall–Kier alpha value is -2.97. The Morgan fingerprint density at radius 3 is 2.62 bits per heavy atom. The molecule has 1 aliphatic carbocycles. The van der Waals surface area contributed by atoms with Crippen LogP contribution in [0.25, 0.3) is 21.7 Å². The van der Waals surface area contributed by atoms with E-state index in [1.54, 1.807) is 28.0 Å². The molecule has 0 fully saturated rings. The van der Waals surface area contributed by atoms with Crippen LogP contribution in [0.15, 0.2) is 64.5 Å². The third-order valence-electron chi connectivity index (χ3n) is 5.92. The molecule has 1 aliphatic rings. The van der Waals surface area contributed by atoms with Gasteiger partial charge in [0.25, 0.3) is 5.56 Å². The van der Waals surface area contributed by atoms with Crippen LogP contribution in [0.1, 0.15) is 28.8 Å². The summed E-state index contributed by atoms with van der Waals surface area (Å²) in [4.78, 5) is 15.9. The fourth-order valence-electron chi connectivity index (χ4n) is 4.38. The van der Waals surface area contributed by atoms with Gasteiger partial charge in [0.15, 0.2) is 5.16 Å². The van der Waals surface area contributed by atoms with Crippen molar-refractivity contribution in [2.75, 3.05) is 0 Å². The average Bonchev–Trinajstić information content (AvgIpc) is 3.41. The summed E-state index contributed by atoms with van der Waals surface area (Å²) in [5.41, 5.74) is 2.51. The van der Waals surface area contributed by atoms with E-state index in [0.29, 0.717) is 22.3 Å². The number of halogens is 1. The number of aryl methyl sites for hydroxylation is 2. The standard InChI is InChI=1S/C24H19FN4OS2/c25-18-12-6-4-8-15(18)14-31-24-27-26-23-28(16-9-2-1-3-10-16)21(30)20-17-11-5-7-13-19(17)32-22(20)29(23)24/h1-4,6,8-10,12H,5,7,11,13-14H2. The van der Waals surface area contributed by atoms with Crippen molar-refractivity contribution in [3.05, 3.63) is 86.8 Å². The van der Waals surface area contributed by atoms with E-state index in [0.717, 1.165) is 41.6 Å². The zero-order valence-corrected chi connectivity index (χ0v) is 18.8. The predicted molar refractivity (Wildman–Crippen MR) is 127 cm³/mol. The van der Waals surface area contributed by atoms with E-state index >= 15 is 0 Å². The summed E-state index contributed by atoms with van der Waals surface area (Å²) in [6, 6.07) is 16.3. The van der Waals surface area contributed by atoms with E-state index in [9.17, 15) is 9.18 Å². The van der Waals surface area contributed by atoms with Gasteiger partial charge < -0.3 is 0 Å². The minimum Gasteiger partial charge on any atom is -0.268 e. The third-order valence-corrected chi connectivity index (χ3v) is 8.17. The Morgan fingerprint density at radius 2 is 1.78 bits per heavy atom. The first-order chi connectivity index (χ1) is 15.7. The predicted octanol–water partition coefficient (Wildman–Crippen LogP) is 5.41. The number of thioether (sulfide) groups is 1. The molecule has 5 nitrogen and oxygen atoms in total. The monoisotopic (exact) mass is 462 g/mol. The highest BCUT2D eigenvalue weighted by Gasteiger charge is 2.25. The summed E-state index contributed by atoms with van der Waals surface area (Å²) in [6.07, 6.45) is 4.16. The lowest BCUT2D eigenvalue weighted by molar-refractivity contribution is 0.617. The molecule has 0 saturated heterocycles. The summed E-state index contributed by atoms with van der Waals surface area (Å²) < 4.78 is 17.8. The highest BCUT2D eigenvalue weighted by Crippen LogP contribution is 2.37. The fraction of sp³-hybridized carbons (Fsp3) is 0.208. The lowest BCUT2D eigenvalue weighted by Gasteiger charge is -2.12. The fourth-order valence-corrected chi connectivity index (χ4v) is 6.73. The maximum atomic E-state index is 14.2. The summed E-state index contributed by atoms with van der Waals surface area (Å²) in [5.74, 6) is 0.694. The zero-order chi connectivity index (χ0) is 21.7. The molecule has 8 heteroatoms. The smallest absolute Gasteiger partial charge is 0.268 e. The molecule has 0 radical (unpaired) electrons. The highest BCUT2D eigenvalue weighted by molar-refractivity contribution is 7.98. The van der Waals surface area contributed by atoms with E-state index in [1.165, 1.54) is 28.3 Å². The van der Waals surface area contributed by atoms with Gasteiger partial charge in [-0.15, -0.1) is 21.5 Å². The van der Waals surface area contributed by atoms with Gasteiger partial charge in [-0.25, -0.2) is 13.4 Å². The molecular formula is C24H19FN4OS2. The topological polar surface area (TPSA) is 52.2 Å². The molecule has 0 bridgehead atoms. The van der Waals surface area contributed by atoms with Crippen molar-refractivity contribution < 1.29 is 4.39 Å². The highest BCUT2D eigenvalue weighted by atomic mass is 32.2. The Bertz CT molecular complexity index is 1520. The number of para-hydroxylation sites is 1. The van der Waals surface area contributed by atoms with Crippen LogP contribution in [0.2, 0.25) is 0 Å². The summed E-state index contributed by atoms with van der Waals surface area (Å²) in [7, 11) is 0. The van der Waals surface area contributed by atoms with Crippen LogP contribution < -0.4 is 5.56 Å².